The average Bonchev–Trinajstić information content (AvgIpc) is 2.91. The van der Waals surface area contributed by atoms with Crippen LogP contribution in [0.15, 0.2) is 33.4 Å². The fraction of sp³-hybridized carbons (Fsp3) is 0.391. The molecule has 2 N–H and O–H groups in total. The molecule has 1 fully saturated rings. The molecule has 1 amide bonds. The number of anilines is 1. The van der Waals surface area contributed by atoms with E-state index in [0.29, 0.717) is 34.9 Å². The van der Waals surface area contributed by atoms with E-state index in [1.54, 1.807) is 11.1 Å². The zero-order valence-corrected chi connectivity index (χ0v) is 19.4. The van der Waals surface area contributed by atoms with Gasteiger partial charge in [-0.25, -0.2) is 4.79 Å². The second-order valence-electron chi connectivity index (χ2n) is 7.25. The van der Waals surface area contributed by atoms with Crippen LogP contribution in [-0.2, 0) is 11.2 Å². The molecule has 0 radical (unpaired) electrons. The third kappa shape index (κ3) is 5.08. The molecule has 1 aliphatic heterocycles. The van der Waals surface area contributed by atoms with Crippen molar-refractivity contribution in [2.45, 2.75) is 39.0 Å². The van der Waals surface area contributed by atoms with Gasteiger partial charge in [-0.3, -0.25) is 4.99 Å². The Hall–Kier alpha value is -2.23. The van der Waals surface area contributed by atoms with Crippen LogP contribution in [0.2, 0.25) is 5.02 Å². The molecule has 0 bridgehead atoms. The highest BCUT2D eigenvalue weighted by molar-refractivity contribution is 9.12. The summed E-state index contributed by atoms with van der Waals surface area (Å²) < 4.78 is 5.74. The van der Waals surface area contributed by atoms with Crippen molar-refractivity contribution < 1.29 is 9.53 Å². The summed E-state index contributed by atoms with van der Waals surface area (Å²) in [4.78, 5) is 18.6. The van der Waals surface area contributed by atoms with E-state index >= 15 is 0 Å². The molecule has 0 aromatic heterocycles. The molecule has 1 saturated heterocycles. The summed E-state index contributed by atoms with van der Waals surface area (Å²) in [5.41, 5.74) is 12.3. The minimum absolute atomic E-state index is 0.256. The maximum absolute atomic E-state index is 12.1. The molecule has 1 aromatic rings. The van der Waals surface area contributed by atoms with Gasteiger partial charge in [0.25, 0.3) is 0 Å². The summed E-state index contributed by atoms with van der Waals surface area (Å²) in [6.45, 7) is 3.43. The fourth-order valence-electron chi connectivity index (χ4n) is 3.92. The molecule has 0 atom stereocenters. The van der Waals surface area contributed by atoms with Crippen LogP contribution in [0.5, 0.6) is 0 Å². The average molecular weight is 491 g/mol. The number of carbonyl (C=O) groups excluding carboxylic acids is 1. The number of halogens is 2. The van der Waals surface area contributed by atoms with Crippen molar-refractivity contribution in [1.82, 2.24) is 4.90 Å². The molecule has 0 saturated carbocycles. The molecule has 1 aliphatic carbocycles. The number of terminal acetylenes is 1. The van der Waals surface area contributed by atoms with Crippen molar-refractivity contribution in [3.8, 4) is 12.3 Å². The number of benzene rings is 1. The van der Waals surface area contributed by atoms with Crippen LogP contribution in [0.4, 0.5) is 10.5 Å². The molecular weight excluding hydrogens is 466 g/mol. The van der Waals surface area contributed by atoms with Crippen LogP contribution in [0.25, 0.3) is 5.57 Å². The number of fused-ring (bicyclic) bond motifs is 1. The molecule has 7 heteroatoms. The van der Waals surface area contributed by atoms with Crippen molar-refractivity contribution in [1.29, 1.82) is 0 Å². The number of carbonyl (C=O) groups is 1. The molecule has 0 spiro atoms. The SMILES string of the molecule is C#C/C(Br)=C\N=C1CCCc2cc(Cl)c(N)cc2C1=C1CCN(C(=O)OCC)CC1. The van der Waals surface area contributed by atoms with Crippen molar-refractivity contribution in [2.24, 2.45) is 4.99 Å². The van der Waals surface area contributed by atoms with E-state index in [-0.39, 0.29) is 6.09 Å². The van der Waals surface area contributed by atoms with Gasteiger partial charge >= 0.3 is 6.09 Å². The van der Waals surface area contributed by atoms with Crippen LogP contribution in [0, 0.1) is 12.3 Å². The lowest BCUT2D eigenvalue weighted by Gasteiger charge is -2.29. The topological polar surface area (TPSA) is 67.9 Å². The second kappa shape index (κ2) is 10.2. The number of nitrogens with two attached hydrogens (primary N) is 1. The number of ether oxygens (including phenoxy) is 1. The highest BCUT2D eigenvalue weighted by Gasteiger charge is 2.27. The summed E-state index contributed by atoms with van der Waals surface area (Å²) >= 11 is 9.64. The van der Waals surface area contributed by atoms with E-state index in [1.165, 1.54) is 11.1 Å². The van der Waals surface area contributed by atoms with Crippen LogP contribution in [-0.4, -0.2) is 36.4 Å². The summed E-state index contributed by atoms with van der Waals surface area (Å²) in [6, 6.07) is 3.93. The zero-order valence-electron chi connectivity index (χ0n) is 17.0. The minimum atomic E-state index is -0.256. The molecule has 158 valence electrons. The lowest BCUT2D eigenvalue weighted by atomic mass is 9.88. The van der Waals surface area contributed by atoms with Crippen LogP contribution >= 0.6 is 27.5 Å². The number of aliphatic imine (C=N–C) groups is 1. The summed E-state index contributed by atoms with van der Waals surface area (Å²) in [7, 11) is 0. The molecule has 3 rings (SSSR count). The van der Waals surface area contributed by atoms with Gasteiger partial charge in [0.15, 0.2) is 0 Å². The van der Waals surface area contributed by atoms with Gasteiger partial charge in [0.2, 0.25) is 0 Å². The number of amides is 1. The Morgan fingerprint density at radius 2 is 2.10 bits per heavy atom. The highest BCUT2D eigenvalue weighted by atomic mass is 79.9. The van der Waals surface area contributed by atoms with Crippen LogP contribution < -0.4 is 5.73 Å². The van der Waals surface area contributed by atoms with E-state index in [0.717, 1.165) is 49.0 Å². The van der Waals surface area contributed by atoms with Crippen LogP contribution in [0.1, 0.15) is 43.7 Å². The molecule has 1 heterocycles. The van der Waals surface area contributed by atoms with Gasteiger partial charge < -0.3 is 15.4 Å². The number of hydrogen-bond donors (Lipinski definition) is 1. The Morgan fingerprint density at radius 1 is 1.37 bits per heavy atom. The molecule has 5 nitrogen and oxygen atoms in total. The minimum Gasteiger partial charge on any atom is -0.450 e. The first-order valence-electron chi connectivity index (χ1n) is 10.1. The predicted molar refractivity (Wildman–Crippen MR) is 127 cm³/mol. The molecular formula is C23H25BrClN3O2. The van der Waals surface area contributed by atoms with Gasteiger partial charge in [-0.1, -0.05) is 23.1 Å². The Morgan fingerprint density at radius 3 is 2.77 bits per heavy atom. The van der Waals surface area contributed by atoms with Gasteiger partial charge in [0, 0.05) is 30.6 Å². The van der Waals surface area contributed by atoms with Crippen molar-refractivity contribution in [2.75, 3.05) is 25.4 Å². The number of aryl methyl sites for hydroxylation is 1. The Bertz CT molecular complexity index is 965. The van der Waals surface area contributed by atoms with Gasteiger partial charge in [-0.15, -0.1) is 6.42 Å². The number of hydrogen-bond acceptors (Lipinski definition) is 4. The van der Waals surface area contributed by atoms with E-state index < -0.39 is 0 Å². The normalized spacial score (nSPS) is 18.7. The third-order valence-electron chi connectivity index (χ3n) is 5.36. The zero-order chi connectivity index (χ0) is 21.7. The number of piperidine rings is 1. The number of rotatable bonds is 2. The van der Waals surface area contributed by atoms with E-state index in [4.69, 9.17) is 33.5 Å². The Kier molecular flexibility index (Phi) is 7.63. The Balaban J connectivity index is 2.06. The lowest BCUT2D eigenvalue weighted by Crippen LogP contribution is -2.37. The smallest absolute Gasteiger partial charge is 0.409 e. The number of nitrogen functional groups attached to an aromatic ring is 1. The molecule has 1 aromatic carbocycles. The van der Waals surface area contributed by atoms with E-state index in [1.807, 2.05) is 19.1 Å². The van der Waals surface area contributed by atoms with Gasteiger partial charge in [-0.05, 0) is 78.2 Å². The monoisotopic (exact) mass is 489 g/mol. The molecule has 30 heavy (non-hydrogen) atoms. The number of nitrogens with zero attached hydrogens (tertiary/aromatic N) is 2. The summed E-state index contributed by atoms with van der Waals surface area (Å²) in [5, 5.41) is 0.575. The maximum atomic E-state index is 12.1. The highest BCUT2D eigenvalue weighted by Crippen LogP contribution is 2.37. The van der Waals surface area contributed by atoms with Crippen molar-refractivity contribution >= 4 is 50.6 Å². The quantitative estimate of drug-likeness (QED) is 0.334. The maximum Gasteiger partial charge on any atom is 0.409 e. The third-order valence-corrected chi connectivity index (χ3v) is 6.12. The number of likely N-dealkylation sites (tertiary alicyclic amines) is 1. The van der Waals surface area contributed by atoms with Gasteiger partial charge in [0.1, 0.15) is 0 Å². The first-order valence-corrected chi connectivity index (χ1v) is 11.2. The molecule has 0 unspecified atom stereocenters. The fourth-order valence-corrected chi connectivity index (χ4v) is 4.21. The summed E-state index contributed by atoms with van der Waals surface area (Å²) in [6.07, 6.45) is 11.1. The lowest BCUT2D eigenvalue weighted by molar-refractivity contribution is 0.104. The van der Waals surface area contributed by atoms with Crippen molar-refractivity contribution in [3.05, 3.63) is 44.5 Å². The molecule has 2 aliphatic rings. The second-order valence-corrected chi connectivity index (χ2v) is 8.51. The first-order chi connectivity index (χ1) is 14.4. The largest absolute Gasteiger partial charge is 0.450 e. The van der Waals surface area contributed by atoms with Gasteiger partial charge in [0.05, 0.1) is 21.8 Å². The first kappa shape index (κ1) is 22.5. The van der Waals surface area contributed by atoms with Crippen molar-refractivity contribution in [3.63, 3.8) is 0 Å². The van der Waals surface area contributed by atoms with E-state index in [9.17, 15) is 4.79 Å². The Labute approximate surface area is 191 Å². The van der Waals surface area contributed by atoms with Gasteiger partial charge in [-0.2, -0.15) is 0 Å². The van der Waals surface area contributed by atoms with E-state index in [2.05, 4.69) is 21.9 Å². The summed E-state index contributed by atoms with van der Waals surface area (Å²) in [5.74, 6) is 2.54. The number of allylic oxidation sites excluding steroid dienone is 2. The van der Waals surface area contributed by atoms with Crippen LogP contribution in [0.3, 0.4) is 0 Å². The predicted octanol–water partition coefficient (Wildman–Crippen LogP) is 5.57. The standard InChI is InChI=1S/C23H25BrClN3O2/c1-3-17(24)14-27-21-7-5-6-16-12-19(25)20(26)13-18(16)22(21)15-8-10-28(11-9-15)23(29)30-4-2/h1,12-14H,4-11,26H2,2H3/b17-14+,27-21?.